The first kappa shape index (κ1) is 48.3. The molecule has 0 aromatic rings. The molecule has 0 bridgehead atoms. The Kier molecular flexibility index (Phi) is 37.0. The van der Waals surface area contributed by atoms with Gasteiger partial charge in [0.2, 0.25) is 0 Å². The predicted octanol–water partition coefficient (Wildman–Crippen LogP) is -3.44. The zero-order valence-electron chi connectivity index (χ0n) is 15.9. The molecule has 0 aromatic heterocycles. The molecule has 32 heavy (non-hydrogen) atoms. The van der Waals surface area contributed by atoms with Gasteiger partial charge in [-0.3, -0.25) is 14.4 Å². The number of carboxylic acids is 3. The fourth-order valence-electron chi connectivity index (χ4n) is 0. The summed E-state index contributed by atoms with van der Waals surface area (Å²) in [6.07, 6.45) is 0. The highest BCUT2D eigenvalue weighted by Gasteiger charge is 2.01. The van der Waals surface area contributed by atoms with Gasteiger partial charge in [0, 0.05) is 20.8 Å². The number of rotatable bonds is 0. The van der Waals surface area contributed by atoms with Crippen molar-refractivity contribution in [2.24, 2.45) is 0 Å². The highest BCUT2D eigenvalue weighted by molar-refractivity contribution is 7.45. The van der Waals surface area contributed by atoms with Crippen molar-refractivity contribution in [3.8, 4) is 0 Å². The summed E-state index contributed by atoms with van der Waals surface area (Å²) in [4.78, 5) is 113. The third-order valence-corrected chi connectivity index (χ3v) is 0. The molecule has 26 heteroatoms. The van der Waals surface area contributed by atoms with Crippen LogP contribution in [-0.4, -0.2) is 91.9 Å². The Morgan fingerprint density at radius 1 is 0.375 bits per heavy atom. The third-order valence-electron chi connectivity index (χ3n) is 0. The van der Waals surface area contributed by atoms with Crippen LogP contribution in [-0.2, 0) is 32.6 Å². The molecule has 0 aromatic carbocycles. The van der Waals surface area contributed by atoms with Crippen LogP contribution in [0.4, 0.5) is 0 Å². The van der Waals surface area contributed by atoms with E-state index in [0.29, 0.717) is 0 Å². The second kappa shape index (κ2) is 24.5. The monoisotopic (exact) mass is 572 g/mol. The van der Waals surface area contributed by atoms with Gasteiger partial charge in [0.25, 0.3) is 17.9 Å². The fourth-order valence-corrected chi connectivity index (χ4v) is 0. The summed E-state index contributed by atoms with van der Waals surface area (Å²) in [6, 6.07) is 0. The fraction of sp³-hybridized carbons (Fsp3) is 0.500. The quantitative estimate of drug-likeness (QED) is 0.125. The van der Waals surface area contributed by atoms with E-state index in [-0.39, 0.29) is 0 Å². The summed E-state index contributed by atoms with van der Waals surface area (Å²) >= 11 is 0. The van der Waals surface area contributed by atoms with Crippen molar-refractivity contribution >= 4 is 49.2 Å². The van der Waals surface area contributed by atoms with E-state index in [1.54, 1.807) is 0 Å². The molecule has 0 aliphatic heterocycles. The average molecular weight is 572 g/mol. The van der Waals surface area contributed by atoms with Crippen LogP contribution >= 0.6 is 31.3 Å². The van der Waals surface area contributed by atoms with Crippen LogP contribution in [0.25, 0.3) is 0 Å². The Bertz CT molecular complexity index is 504. The van der Waals surface area contributed by atoms with E-state index in [1.807, 2.05) is 0 Å². The predicted molar refractivity (Wildman–Crippen MR) is 97.0 cm³/mol. The molecule has 0 amide bonds. The van der Waals surface area contributed by atoms with Crippen molar-refractivity contribution in [3.63, 3.8) is 0 Å². The third kappa shape index (κ3) is 16900. The van der Waals surface area contributed by atoms with Gasteiger partial charge in [-0.15, -0.1) is 0 Å². The lowest BCUT2D eigenvalue weighted by molar-refractivity contribution is -0.135. The second-order valence-corrected chi connectivity index (χ2v) is 7.72. The van der Waals surface area contributed by atoms with Crippen LogP contribution in [0.2, 0.25) is 0 Å². The first-order valence-corrected chi connectivity index (χ1v) is 12.2. The first-order valence-electron chi connectivity index (χ1n) is 5.91. The van der Waals surface area contributed by atoms with E-state index in [2.05, 4.69) is 0 Å². The van der Waals surface area contributed by atoms with Gasteiger partial charge in [-0.05, 0) is 0 Å². The molecule has 0 radical (unpaired) electrons. The summed E-state index contributed by atoms with van der Waals surface area (Å²) in [5.74, 6) is -2.50. The zero-order chi connectivity index (χ0) is 28.7. The molecule has 0 fully saturated rings. The maximum absolute atomic E-state index is 9.00. The Labute approximate surface area is 177 Å². The molecule has 0 unspecified atom stereocenters. The number of phosphoric acid groups is 4. The van der Waals surface area contributed by atoms with Gasteiger partial charge in [-0.2, -0.15) is 0 Å². The summed E-state index contributed by atoms with van der Waals surface area (Å²) in [5, 5.41) is 22.2. The van der Waals surface area contributed by atoms with Gasteiger partial charge in [-0.1, -0.05) is 0 Å². The molecule has 0 aliphatic rings. The van der Waals surface area contributed by atoms with Crippen molar-refractivity contribution in [1.29, 1.82) is 0 Å². The van der Waals surface area contributed by atoms with Crippen molar-refractivity contribution in [1.82, 2.24) is 0 Å². The number of carbonyl (C=O) groups is 3. The van der Waals surface area contributed by atoms with Gasteiger partial charge in [0.1, 0.15) is 0 Å². The summed E-state index contributed by atoms with van der Waals surface area (Å²) in [6.45, 7) is 3.25. The van der Waals surface area contributed by atoms with Crippen LogP contribution in [0.5, 0.6) is 0 Å². The summed E-state index contributed by atoms with van der Waals surface area (Å²) in [5.41, 5.74) is 0. The van der Waals surface area contributed by atoms with Crippen LogP contribution in [0.1, 0.15) is 20.8 Å². The minimum Gasteiger partial charge on any atom is -0.481 e. The highest BCUT2D eigenvalue weighted by atomic mass is 31.2. The molecule has 22 nitrogen and oxygen atoms in total. The van der Waals surface area contributed by atoms with E-state index in [9.17, 15) is 0 Å². The lowest BCUT2D eigenvalue weighted by Crippen LogP contribution is -1.78. The molecule has 0 spiro atoms. The second-order valence-electron chi connectivity index (χ2n) is 3.61. The molecule has 0 saturated heterocycles. The lowest BCUT2D eigenvalue weighted by Gasteiger charge is -1.82. The Hall–Kier alpha value is -1.15. The van der Waals surface area contributed by atoms with E-state index >= 15 is 0 Å². The number of hydrogen-bond donors (Lipinski definition) is 15. The van der Waals surface area contributed by atoms with Crippen LogP contribution < -0.4 is 0 Å². The minimum atomic E-state index is -4.64. The van der Waals surface area contributed by atoms with E-state index in [4.69, 9.17) is 107 Å². The van der Waals surface area contributed by atoms with Crippen LogP contribution in [0.15, 0.2) is 0 Å². The number of aliphatic carboxylic acids is 3. The van der Waals surface area contributed by atoms with Crippen molar-refractivity contribution in [2.45, 2.75) is 20.8 Å². The molecular formula is C6H24O22P4. The molecule has 0 rings (SSSR count). The zero-order valence-corrected chi connectivity index (χ0v) is 19.4. The smallest absolute Gasteiger partial charge is 0.466 e. The topological polar surface area (TPSA) is 423 Å². The van der Waals surface area contributed by atoms with E-state index < -0.39 is 49.2 Å². The molecule has 0 atom stereocenters. The summed E-state index contributed by atoms with van der Waals surface area (Å²) < 4.78 is 35.5. The van der Waals surface area contributed by atoms with Crippen molar-refractivity contribution in [2.75, 3.05) is 0 Å². The number of carboxylic acid groups (broad SMARTS) is 3. The number of hydrogen-bond acceptors (Lipinski definition) is 7. The largest absolute Gasteiger partial charge is 0.481 e. The maximum atomic E-state index is 9.00. The van der Waals surface area contributed by atoms with Gasteiger partial charge in [-0.25, -0.2) is 18.3 Å². The molecule has 0 heterocycles. The van der Waals surface area contributed by atoms with Crippen molar-refractivity contribution < 1.29 is 107 Å². The SMILES string of the molecule is CC(=O)O.CC(=O)O.CC(=O)O.O=P(O)(O)O.O=P(O)(O)O.O=P(O)(O)O.O=P(O)(O)O. The molecular weight excluding hydrogens is 548 g/mol. The van der Waals surface area contributed by atoms with E-state index in [0.717, 1.165) is 20.8 Å². The van der Waals surface area contributed by atoms with Crippen molar-refractivity contribution in [3.05, 3.63) is 0 Å². The first-order chi connectivity index (χ1) is 13.2. The van der Waals surface area contributed by atoms with Crippen LogP contribution in [0, 0.1) is 0 Å². The standard InChI is InChI=1S/3C2H4O2.4H3O4P/c3*1-2(3)4;4*1-5(2,3)4/h3*1H3,(H,3,4);4*(H3,1,2,3,4). The van der Waals surface area contributed by atoms with Gasteiger partial charge in [0.15, 0.2) is 0 Å². The maximum Gasteiger partial charge on any atom is 0.466 e. The summed E-state index contributed by atoms with van der Waals surface area (Å²) in [7, 11) is -18.6. The average Bonchev–Trinajstić information content (AvgIpc) is 2.12. The Morgan fingerprint density at radius 3 is 0.375 bits per heavy atom. The minimum absolute atomic E-state index is 0.833. The molecule has 200 valence electrons. The Morgan fingerprint density at radius 2 is 0.375 bits per heavy atom. The van der Waals surface area contributed by atoms with Gasteiger partial charge >= 0.3 is 31.3 Å². The molecule has 0 aliphatic carbocycles. The highest BCUT2D eigenvalue weighted by Crippen LogP contribution is 2.27. The van der Waals surface area contributed by atoms with Crippen LogP contribution in [0.3, 0.4) is 0 Å². The molecule has 0 saturated carbocycles. The lowest BCUT2D eigenvalue weighted by atomic mass is 10.9. The van der Waals surface area contributed by atoms with Gasteiger partial charge < -0.3 is 74.0 Å². The Balaban J connectivity index is -0.0000000457. The normalized spacial score (nSPS) is 9.72. The molecule has 15 N–H and O–H groups in total. The van der Waals surface area contributed by atoms with Gasteiger partial charge in [0.05, 0.1) is 0 Å². The van der Waals surface area contributed by atoms with E-state index in [1.165, 1.54) is 0 Å².